The average Bonchev–Trinajstić information content (AvgIpc) is 2.58. The fraction of sp³-hybridized carbons (Fsp3) is 0.263. The first kappa shape index (κ1) is 18.7. The Hall–Kier alpha value is -2.12. The summed E-state index contributed by atoms with van der Waals surface area (Å²) in [6.45, 7) is 2.97. The van der Waals surface area contributed by atoms with Crippen molar-refractivity contribution in [2.45, 2.75) is 35.9 Å². The predicted molar refractivity (Wildman–Crippen MR) is 95.9 cm³/mol. The van der Waals surface area contributed by atoms with Crippen LogP contribution in [0.2, 0.25) is 0 Å². The minimum absolute atomic E-state index is 0.0625. The number of nitrogens with zero attached hydrogens (tertiary/aromatic N) is 2. The van der Waals surface area contributed by atoms with Gasteiger partial charge in [-0.2, -0.15) is 13.2 Å². The number of hydrogen-bond acceptors (Lipinski definition) is 4. The molecular weight excluding hydrogens is 361 g/mol. The molecule has 0 aliphatic carbocycles. The number of hydrogen-bond donors (Lipinski definition) is 1. The van der Waals surface area contributed by atoms with Crippen LogP contribution < -0.4 is 0 Å². The van der Waals surface area contributed by atoms with Crippen molar-refractivity contribution in [1.82, 2.24) is 9.97 Å². The maximum atomic E-state index is 13.4. The Balaban J connectivity index is 2.05. The molecule has 1 N–H and O–H groups in total. The minimum atomic E-state index is -4.60. The molecule has 0 bridgehead atoms. The quantitative estimate of drug-likeness (QED) is 0.630. The third kappa shape index (κ3) is 3.99. The summed E-state index contributed by atoms with van der Waals surface area (Å²) in [7, 11) is 0. The van der Waals surface area contributed by atoms with Crippen molar-refractivity contribution in [1.29, 1.82) is 0 Å². The summed E-state index contributed by atoms with van der Waals surface area (Å²) in [5.74, 6) is 0. The standard InChI is InChI=1S/C19H17F3N2OS/c1-18(2,25)17(13-7-5-11-23-16(13)19(20,21)22)26-15-10-9-12-6-3-4-8-14(12)24-15/h3-11,17,25H,1-2H3/t17-/m1/s1. The topological polar surface area (TPSA) is 46.0 Å². The van der Waals surface area contributed by atoms with Gasteiger partial charge in [-0.3, -0.25) is 4.98 Å². The Labute approximate surface area is 153 Å². The molecule has 2 heterocycles. The summed E-state index contributed by atoms with van der Waals surface area (Å²) in [5, 5.41) is 11.1. The van der Waals surface area contributed by atoms with Crippen LogP contribution in [0.3, 0.4) is 0 Å². The second-order valence-electron chi connectivity index (χ2n) is 6.43. The highest BCUT2D eigenvalue weighted by atomic mass is 32.2. The largest absolute Gasteiger partial charge is 0.433 e. The molecule has 3 nitrogen and oxygen atoms in total. The van der Waals surface area contributed by atoms with Gasteiger partial charge in [-0.05, 0) is 37.6 Å². The van der Waals surface area contributed by atoms with E-state index in [0.717, 1.165) is 28.9 Å². The van der Waals surface area contributed by atoms with E-state index in [1.165, 1.54) is 26.0 Å². The lowest BCUT2D eigenvalue weighted by atomic mass is 9.96. The molecule has 2 aromatic heterocycles. The summed E-state index contributed by atoms with van der Waals surface area (Å²) in [4.78, 5) is 8.00. The van der Waals surface area contributed by atoms with E-state index in [1.807, 2.05) is 30.3 Å². The maximum Gasteiger partial charge on any atom is 0.433 e. The molecule has 3 aromatic rings. The van der Waals surface area contributed by atoms with Crippen molar-refractivity contribution in [2.75, 3.05) is 0 Å². The van der Waals surface area contributed by atoms with Crippen LogP contribution in [-0.4, -0.2) is 20.7 Å². The predicted octanol–water partition coefficient (Wildman–Crippen LogP) is 5.25. The zero-order valence-electron chi connectivity index (χ0n) is 14.2. The average molecular weight is 378 g/mol. The second kappa shape index (κ2) is 6.89. The molecule has 0 saturated heterocycles. The SMILES string of the molecule is CC(C)(O)[C@H](Sc1ccc2ccccc2n1)c1cccnc1C(F)(F)F. The van der Waals surface area contributed by atoms with E-state index in [2.05, 4.69) is 9.97 Å². The highest BCUT2D eigenvalue weighted by molar-refractivity contribution is 7.99. The van der Waals surface area contributed by atoms with Gasteiger partial charge in [-0.1, -0.05) is 42.1 Å². The van der Waals surface area contributed by atoms with Gasteiger partial charge in [-0.15, -0.1) is 0 Å². The summed E-state index contributed by atoms with van der Waals surface area (Å²) in [6, 6.07) is 13.9. The molecule has 1 atom stereocenters. The number of aromatic nitrogens is 2. The van der Waals surface area contributed by atoms with Crippen molar-refractivity contribution in [3.8, 4) is 0 Å². The Morgan fingerprint density at radius 1 is 1.00 bits per heavy atom. The monoisotopic (exact) mass is 378 g/mol. The van der Waals surface area contributed by atoms with Crippen molar-refractivity contribution >= 4 is 22.7 Å². The van der Waals surface area contributed by atoms with E-state index < -0.39 is 22.7 Å². The number of thioether (sulfide) groups is 1. The molecule has 26 heavy (non-hydrogen) atoms. The van der Waals surface area contributed by atoms with Gasteiger partial charge in [0.2, 0.25) is 0 Å². The molecule has 7 heteroatoms. The summed E-state index contributed by atoms with van der Waals surface area (Å²) in [6.07, 6.45) is -3.50. The number of benzene rings is 1. The van der Waals surface area contributed by atoms with Crippen LogP contribution in [0.5, 0.6) is 0 Å². The van der Waals surface area contributed by atoms with Gasteiger partial charge < -0.3 is 5.11 Å². The number of aliphatic hydroxyl groups is 1. The van der Waals surface area contributed by atoms with Gasteiger partial charge >= 0.3 is 6.18 Å². The molecule has 0 spiro atoms. The van der Waals surface area contributed by atoms with Crippen LogP contribution >= 0.6 is 11.8 Å². The van der Waals surface area contributed by atoms with Gasteiger partial charge in [0.15, 0.2) is 0 Å². The Bertz CT molecular complexity index is 922. The number of rotatable bonds is 4. The molecule has 1 aromatic carbocycles. The highest BCUT2D eigenvalue weighted by Gasteiger charge is 2.41. The highest BCUT2D eigenvalue weighted by Crippen LogP contribution is 2.46. The van der Waals surface area contributed by atoms with Gasteiger partial charge in [-0.25, -0.2) is 4.98 Å². The number of pyridine rings is 2. The van der Waals surface area contributed by atoms with E-state index in [4.69, 9.17) is 0 Å². The van der Waals surface area contributed by atoms with Crippen molar-refractivity contribution in [3.63, 3.8) is 0 Å². The first-order chi connectivity index (χ1) is 12.2. The fourth-order valence-corrected chi connectivity index (χ4v) is 3.83. The van der Waals surface area contributed by atoms with E-state index in [1.54, 1.807) is 6.07 Å². The van der Waals surface area contributed by atoms with Crippen molar-refractivity contribution in [2.24, 2.45) is 0 Å². The van der Waals surface area contributed by atoms with E-state index in [9.17, 15) is 18.3 Å². The van der Waals surface area contributed by atoms with Crippen LogP contribution in [0.1, 0.15) is 30.4 Å². The third-order valence-corrected chi connectivity index (χ3v) is 5.38. The first-order valence-corrected chi connectivity index (χ1v) is 8.81. The maximum absolute atomic E-state index is 13.4. The van der Waals surface area contributed by atoms with E-state index in [0.29, 0.717) is 5.03 Å². The van der Waals surface area contributed by atoms with Gasteiger partial charge in [0.25, 0.3) is 0 Å². The fourth-order valence-electron chi connectivity index (χ4n) is 2.69. The lowest BCUT2D eigenvalue weighted by molar-refractivity contribution is -0.142. The molecule has 0 unspecified atom stereocenters. The summed E-state index contributed by atoms with van der Waals surface area (Å²) in [5.41, 5.74) is -1.72. The number of alkyl halides is 3. The third-order valence-electron chi connectivity index (χ3n) is 3.84. The lowest BCUT2D eigenvalue weighted by Crippen LogP contribution is -2.29. The molecule has 0 saturated carbocycles. The van der Waals surface area contributed by atoms with Crippen molar-refractivity contribution in [3.05, 3.63) is 66.0 Å². The molecule has 0 aliphatic heterocycles. The summed E-state index contributed by atoms with van der Waals surface area (Å²) < 4.78 is 40.1. The minimum Gasteiger partial charge on any atom is -0.389 e. The van der Waals surface area contributed by atoms with Gasteiger partial charge in [0.1, 0.15) is 5.69 Å². The van der Waals surface area contributed by atoms with Crippen molar-refractivity contribution < 1.29 is 18.3 Å². The second-order valence-corrected chi connectivity index (χ2v) is 7.56. The molecule has 0 amide bonds. The number of para-hydroxylation sites is 1. The zero-order valence-corrected chi connectivity index (χ0v) is 15.0. The molecule has 136 valence electrons. The molecule has 0 fully saturated rings. The Kier molecular flexibility index (Phi) is 4.94. The van der Waals surface area contributed by atoms with Crippen LogP contribution in [-0.2, 0) is 6.18 Å². The normalized spacial score (nSPS) is 13.8. The van der Waals surface area contributed by atoms with Crippen LogP contribution in [0, 0.1) is 0 Å². The number of fused-ring (bicyclic) bond motifs is 1. The Morgan fingerprint density at radius 3 is 2.42 bits per heavy atom. The summed E-state index contributed by atoms with van der Waals surface area (Å²) >= 11 is 1.09. The molecule has 3 rings (SSSR count). The molecule has 0 aliphatic rings. The molecule has 0 radical (unpaired) electrons. The Morgan fingerprint density at radius 2 is 1.73 bits per heavy atom. The van der Waals surface area contributed by atoms with Crippen LogP contribution in [0.25, 0.3) is 10.9 Å². The van der Waals surface area contributed by atoms with E-state index in [-0.39, 0.29) is 5.56 Å². The molecular formula is C19H17F3N2OS. The smallest absolute Gasteiger partial charge is 0.389 e. The van der Waals surface area contributed by atoms with Gasteiger partial charge in [0, 0.05) is 11.6 Å². The zero-order chi connectivity index (χ0) is 18.9. The van der Waals surface area contributed by atoms with E-state index >= 15 is 0 Å². The number of halogens is 3. The lowest BCUT2D eigenvalue weighted by Gasteiger charge is -2.30. The van der Waals surface area contributed by atoms with Crippen LogP contribution in [0.15, 0.2) is 59.8 Å². The van der Waals surface area contributed by atoms with Crippen LogP contribution in [0.4, 0.5) is 13.2 Å². The van der Waals surface area contributed by atoms with Gasteiger partial charge in [0.05, 0.1) is 21.4 Å². The first-order valence-electron chi connectivity index (χ1n) is 7.93.